The van der Waals surface area contributed by atoms with Crippen LogP contribution in [0.25, 0.3) is 11.0 Å². The molecule has 0 radical (unpaired) electrons. The SMILES string of the molecule is CN=C(NCCCc1cnn(C)c1)NCc1oc2ccccc2c1C.I. The van der Waals surface area contributed by atoms with Gasteiger partial charge in [0.15, 0.2) is 5.96 Å². The zero-order chi connectivity index (χ0) is 17.6. The third kappa shape index (κ3) is 5.00. The van der Waals surface area contributed by atoms with Gasteiger partial charge >= 0.3 is 0 Å². The molecule has 0 aliphatic heterocycles. The van der Waals surface area contributed by atoms with E-state index in [4.69, 9.17) is 4.42 Å². The second-order valence-electron chi connectivity index (χ2n) is 6.12. The summed E-state index contributed by atoms with van der Waals surface area (Å²) in [5, 5.41) is 12.0. The molecule has 0 unspecified atom stereocenters. The summed E-state index contributed by atoms with van der Waals surface area (Å²) >= 11 is 0. The molecule has 2 N–H and O–H groups in total. The number of guanidine groups is 1. The summed E-state index contributed by atoms with van der Waals surface area (Å²) in [4.78, 5) is 4.27. The Bertz CT molecular complexity index is 868. The van der Waals surface area contributed by atoms with Crippen LogP contribution in [-0.4, -0.2) is 29.3 Å². The molecule has 0 saturated heterocycles. The molecule has 0 bridgehead atoms. The minimum atomic E-state index is 0. The number of hydrogen-bond acceptors (Lipinski definition) is 3. The third-order valence-electron chi connectivity index (χ3n) is 4.28. The minimum Gasteiger partial charge on any atom is -0.459 e. The Hall–Kier alpha value is -2.03. The second kappa shape index (κ2) is 9.61. The number of benzene rings is 1. The van der Waals surface area contributed by atoms with E-state index in [1.165, 1.54) is 16.5 Å². The van der Waals surface area contributed by atoms with E-state index >= 15 is 0 Å². The summed E-state index contributed by atoms with van der Waals surface area (Å²) < 4.78 is 7.76. The largest absolute Gasteiger partial charge is 0.459 e. The van der Waals surface area contributed by atoms with E-state index in [9.17, 15) is 0 Å². The number of halogens is 1. The van der Waals surface area contributed by atoms with Crippen molar-refractivity contribution in [2.24, 2.45) is 12.0 Å². The van der Waals surface area contributed by atoms with Crippen molar-refractivity contribution in [3.05, 3.63) is 53.5 Å². The van der Waals surface area contributed by atoms with Gasteiger partial charge < -0.3 is 15.1 Å². The number of nitrogens with one attached hydrogen (secondary N) is 2. The molecule has 7 heteroatoms. The molecule has 6 nitrogen and oxygen atoms in total. The Morgan fingerprint density at radius 1 is 1.27 bits per heavy atom. The van der Waals surface area contributed by atoms with Crippen LogP contribution in [0.15, 0.2) is 46.1 Å². The Balaban J connectivity index is 0.00000243. The van der Waals surface area contributed by atoms with E-state index in [2.05, 4.69) is 39.9 Å². The lowest BCUT2D eigenvalue weighted by Crippen LogP contribution is -2.37. The maximum Gasteiger partial charge on any atom is 0.191 e. The monoisotopic (exact) mass is 467 g/mol. The van der Waals surface area contributed by atoms with Crippen molar-refractivity contribution < 1.29 is 4.42 Å². The summed E-state index contributed by atoms with van der Waals surface area (Å²) in [6.07, 6.45) is 5.99. The highest BCUT2D eigenvalue weighted by Gasteiger charge is 2.10. The maximum atomic E-state index is 5.92. The topological polar surface area (TPSA) is 67.4 Å². The Kier molecular flexibility index (Phi) is 7.50. The third-order valence-corrected chi connectivity index (χ3v) is 4.28. The van der Waals surface area contributed by atoms with Gasteiger partial charge in [-0.15, -0.1) is 24.0 Å². The molecule has 0 atom stereocenters. The number of aryl methyl sites for hydroxylation is 3. The van der Waals surface area contributed by atoms with Gasteiger partial charge in [0.05, 0.1) is 12.7 Å². The summed E-state index contributed by atoms with van der Waals surface area (Å²) in [5.74, 6) is 1.73. The van der Waals surface area contributed by atoms with Crippen LogP contribution >= 0.6 is 24.0 Å². The van der Waals surface area contributed by atoms with Crippen molar-refractivity contribution >= 4 is 40.9 Å². The van der Waals surface area contributed by atoms with Crippen LogP contribution < -0.4 is 10.6 Å². The molecule has 0 saturated carbocycles. The molecule has 0 fully saturated rings. The summed E-state index contributed by atoms with van der Waals surface area (Å²) in [6, 6.07) is 8.11. The highest BCUT2D eigenvalue weighted by molar-refractivity contribution is 14.0. The minimum absolute atomic E-state index is 0. The summed E-state index contributed by atoms with van der Waals surface area (Å²) in [6.45, 7) is 3.56. The fourth-order valence-electron chi connectivity index (χ4n) is 2.88. The molecule has 26 heavy (non-hydrogen) atoms. The molecule has 0 aliphatic rings. The first kappa shape index (κ1) is 20.3. The van der Waals surface area contributed by atoms with Crippen molar-refractivity contribution in [1.82, 2.24) is 20.4 Å². The van der Waals surface area contributed by atoms with Gasteiger partial charge in [0, 0.05) is 37.8 Å². The predicted molar refractivity (Wildman–Crippen MR) is 116 cm³/mol. The predicted octanol–water partition coefficient (Wildman–Crippen LogP) is 3.39. The number of hydrogen-bond donors (Lipinski definition) is 2. The van der Waals surface area contributed by atoms with Crippen LogP contribution in [0.3, 0.4) is 0 Å². The quantitative estimate of drug-likeness (QED) is 0.253. The fraction of sp³-hybridized carbons (Fsp3) is 0.368. The number of nitrogens with zero attached hydrogens (tertiary/aromatic N) is 3. The van der Waals surface area contributed by atoms with E-state index in [0.717, 1.165) is 36.7 Å². The Morgan fingerprint density at radius 3 is 2.77 bits per heavy atom. The van der Waals surface area contributed by atoms with Crippen LogP contribution in [0.4, 0.5) is 0 Å². The van der Waals surface area contributed by atoms with E-state index in [-0.39, 0.29) is 24.0 Å². The Labute approximate surface area is 171 Å². The van der Waals surface area contributed by atoms with Crippen molar-refractivity contribution in [3.63, 3.8) is 0 Å². The first-order valence-electron chi connectivity index (χ1n) is 8.56. The van der Waals surface area contributed by atoms with Gasteiger partial charge in [-0.1, -0.05) is 18.2 Å². The fourth-order valence-corrected chi connectivity index (χ4v) is 2.88. The number of furan rings is 1. The summed E-state index contributed by atoms with van der Waals surface area (Å²) in [5.41, 5.74) is 3.36. The Morgan fingerprint density at radius 2 is 2.08 bits per heavy atom. The van der Waals surface area contributed by atoms with Gasteiger partial charge in [-0.3, -0.25) is 9.67 Å². The molecule has 0 aliphatic carbocycles. The molecule has 140 valence electrons. The molecule has 3 aromatic rings. The molecule has 0 amide bonds. The van der Waals surface area contributed by atoms with E-state index in [1.54, 1.807) is 7.05 Å². The number of aliphatic imine (C=N–C) groups is 1. The van der Waals surface area contributed by atoms with Crippen LogP contribution in [0, 0.1) is 6.92 Å². The van der Waals surface area contributed by atoms with Gasteiger partial charge in [-0.25, -0.2) is 0 Å². The molecule has 2 heterocycles. The van der Waals surface area contributed by atoms with E-state index in [0.29, 0.717) is 6.54 Å². The lowest BCUT2D eigenvalue weighted by Gasteiger charge is -2.11. The lowest BCUT2D eigenvalue weighted by atomic mass is 10.1. The van der Waals surface area contributed by atoms with Crippen LogP contribution in [0.1, 0.15) is 23.3 Å². The molecular formula is C19H26IN5O. The molecule has 1 aromatic carbocycles. The van der Waals surface area contributed by atoms with Crippen LogP contribution in [0.5, 0.6) is 0 Å². The van der Waals surface area contributed by atoms with E-state index in [1.807, 2.05) is 36.1 Å². The van der Waals surface area contributed by atoms with Crippen LogP contribution in [-0.2, 0) is 20.0 Å². The van der Waals surface area contributed by atoms with Crippen molar-refractivity contribution in [3.8, 4) is 0 Å². The molecular weight excluding hydrogens is 441 g/mol. The zero-order valence-corrected chi connectivity index (χ0v) is 17.8. The average Bonchev–Trinajstić information content (AvgIpc) is 3.18. The first-order valence-corrected chi connectivity index (χ1v) is 8.56. The zero-order valence-electron chi connectivity index (χ0n) is 15.5. The highest BCUT2D eigenvalue weighted by atomic mass is 127. The summed E-state index contributed by atoms with van der Waals surface area (Å²) in [7, 11) is 3.72. The number of aromatic nitrogens is 2. The maximum absolute atomic E-state index is 5.92. The van der Waals surface area contributed by atoms with Crippen molar-refractivity contribution in [2.75, 3.05) is 13.6 Å². The van der Waals surface area contributed by atoms with Crippen LogP contribution in [0.2, 0.25) is 0 Å². The number of rotatable bonds is 6. The van der Waals surface area contributed by atoms with Gasteiger partial charge in [0.1, 0.15) is 11.3 Å². The average molecular weight is 467 g/mol. The standard InChI is InChI=1S/C19H25N5O.HI/c1-14-16-8-4-5-9-17(16)25-18(14)12-22-19(20-2)21-10-6-7-15-11-23-24(3)13-15;/h4-5,8-9,11,13H,6-7,10,12H2,1-3H3,(H2,20,21,22);1H. The lowest BCUT2D eigenvalue weighted by molar-refractivity contribution is 0.534. The second-order valence-corrected chi connectivity index (χ2v) is 6.12. The highest BCUT2D eigenvalue weighted by Crippen LogP contribution is 2.24. The van der Waals surface area contributed by atoms with Crippen molar-refractivity contribution in [1.29, 1.82) is 0 Å². The smallest absolute Gasteiger partial charge is 0.191 e. The van der Waals surface area contributed by atoms with Gasteiger partial charge in [-0.2, -0.15) is 5.10 Å². The molecule has 3 rings (SSSR count). The van der Waals surface area contributed by atoms with Crippen molar-refractivity contribution in [2.45, 2.75) is 26.3 Å². The van der Waals surface area contributed by atoms with Gasteiger partial charge in [0.2, 0.25) is 0 Å². The number of para-hydroxylation sites is 1. The van der Waals surface area contributed by atoms with Gasteiger partial charge in [-0.05, 0) is 31.4 Å². The molecule has 2 aromatic heterocycles. The normalized spacial score (nSPS) is 11.4. The molecule has 0 spiro atoms. The van der Waals surface area contributed by atoms with Gasteiger partial charge in [0.25, 0.3) is 0 Å². The van der Waals surface area contributed by atoms with E-state index < -0.39 is 0 Å². The first-order chi connectivity index (χ1) is 12.2. The number of fused-ring (bicyclic) bond motifs is 1.